The van der Waals surface area contributed by atoms with Crippen LogP contribution in [0.3, 0.4) is 0 Å². The molecule has 0 bridgehead atoms. The third-order valence-electron chi connectivity index (χ3n) is 2.77. The maximum absolute atomic E-state index is 12.5. The lowest BCUT2D eigenvalue weighted by Crippen LogP contribution is -2.18. The number of hydrogen-bond donors (Lipinski definition) is 2. The molecule has 0 aliphatic heterocycles. The molecule has 0 fully saturated rings. The van der Waals surface area contributed by atoms with Crippen molar-refractivity contribution >= 4 is 11.0 Å². The number of aromatic nitrogens is 2. The molecular weight excluding hydrogens is 247 g/mol. The van der Waals surface area contributed by atoms with Gasteiger partial charge in [0, 0.05) is 7.05 Å². The summed E-state index contributed by atoms with van der Waals surface area (Å²) in [6, 6.07) is 2.61. The summed E-state index contributed by atoms with van der Waals surface area (Å²) in [5.74, 6) is 0.354. The number of rotatable bonds is 2. The minimum absolute atomic E-state index is 0.214. The highest BCUT2D eigenvalue weighted by Crippen LogP contribution is 2.31. The van der Waals surface area contributed by atoms with Crippen LogP contribution in [-0.2, 0) is 13.2 Å². The van der Waals surface area contributed by atoms with Gasteiger partial charge in [-0.3, -0.25) is 0 Å². The van der Waals surface area contributed by atoms with E-state index in [1.54, 1.807) is 11.6 Å². The number of fused-ring (bicyclic) bond motifs is 1. The highest BCUT2D eigenvalue weighted by molar-refractivity contribution is 5.77. The van der Waals surface area contributed by atoms with E-state index in [-0.39, 0.29) is 12.1 Å². The molecule has 0 aliphatic carbocycles. The monoisotopic (exact) mass is 259 g/mol. The van der Waals surface area contributed by atoms with Crippen molar-refractivity contribution in [1.82, 2.24) is 9.55 Å². The van der Waals surface area contributed by atoms with E-state index in [0.717, 1.165) is 12.1 Å². The van der Waals surface area contributed by atoms with Gasteiger partial charge in [0.25, 0.3) is 0 Å². The lowest BCUT2D eigenvalue weighted by molar-refractivity contribution is -0.137. The van der Waals surface area contributed by atoms with Crippen LogP contribution in [-0.4, -0.2) is 21.3 Å². The zero-order valence-corrected chi connectivity index (χ0v) is 9.57. The van der Waals surface area contributed by atoms with Gasteiger partial charge >= 0.3 is 6.18 Å². The lowest BCUT2D eigenvalue weighted by atomic mass is 10.2. The van der Waals surface area contributed by atoms with Crippen LogP contribution >= 0.6 is 0 Å². The van der Waals surface area contributed by atoms with Crippen molar-refractivity contribution in [3.63, 3.8) is 0 Å². The molecule has 1 atom stereocenters. The highest BCUT2D eigenvalue weighted by atomic mass is 19.4. The summed E-state index contributed by atoms with van der Waals surface area (Å²) in [6.45, 7) is -0.316. The summed E-state index contributed by atoms with van der Waals surface area (Å²) >= 11 is 0. The summed E-state index contributed by atoms with van der Waals surface area (Å²) in [5.41, 5.74) is 5.63. The molecular formula is C11H12F3N3O. The van der Waals surface area contributed by atoms with Gasteiger partial charge < -0.3 is 15.4 Å². The number of hydrogen-bond acceptors (Lipinski definition) is 3. The zero-order chi connectivity index (χ0) is 13.5. The van der Waals surface area contributed by atoms with E-state index in [9.17, 15) is 13.2 Å². The van der Waals surface area contributed by atoms with Crippen molar-refractivity contribution in [2.75, 3.05) is 6.61 Å². The Morgan fingerprint density at radius 1 is 1.44 bits per heavy atom. The maximum atomic E-state index is 12.5. The largest absolute Gasteiger partial charge is 0.416 e. The fourth-order valence-corrected chi connectivity index (χ4v) is 1.81. The van der Waals surface area contributed by atoms with Gasteiger partial charge in [-0.1, -0.05) is 0 Å². The number of imidazole rings is 1. The topological polar surface area (TPSA) is 64.1 Å². The van der Waals surface area contributed by atoms with Crippen LogP contribution in [0.15, 0.2) is 18.2 Å². The number of nitrogens with zero attached hydrogens (tertiary/aromatic N) is 2. The van der Waals surface area contributed by atoms with Gasteiger partial charge in [-0.25, -0.2) is 4.98 Å². The smallest absolute Gasteiger partial charge is 0.394 e. The molecule has 3 N–H and O–H groups in total. The van der Waals surface area contributed by atoms with Crippen LogP contribution < -0.4 is 5.73 Å². The van der Waals surface area contributed by atoms with Crippen LogP contribution in [0.25, 0.3) is 11.0 Å². The summed E-state index contributed by atoms with van der Waals surface area (Å²) < 4.78 is 39.2. The lowest BCUT2D eigenvalue weighted by Gasteiger charge is -2.07. The van der Waals surface area contributed by atoms with Crippen LogP contribution in [0, 0.1) is 0 Å². The fraction of sp³-hybridized carbons (Fsp3) is 0.364. The molecule has 98 valence electrons. The minimum Gasteiger partial charge on any atom is -0.394 e. The first-order valence-corrected chi connectivity index (χ1v) is 5.24. The molecule has 0 saturated heterocycles. The Kier molecular flexibility index (Phi) is 3.04. The van der Waals surface area contributed by atoms with Crippen molar-refractivity contribution in [3.05, 3.63) is 29.6 Å². The number of nitrogens with two attached hydrogens (primary N) is 1. The first-order valence-electron chi connectivity index (χ1n) is 5.24. The average molecular weight is 259 g/mol. The van der Waals surface area contributed by atoms with Gasteiger partial charge in [-0.05, 0) is 18.2 Å². The Balaban J connectivity index is 2.59. The van der Waals surface area contributed by atoms with E-state index in [1.807, 2.05) is 0 Å². The maximum Gasteiger partial charge on any atom is 0.416 e. The molecule has 1 aromatic heterocycles. The van der Waals surface area contributed by atoms with Crippen LogP contribution in [0.4, 0.5) is 13.2 Å². The van der Waals surface area contributed by atoms with E-state index < -0.39 is 17.8 Å². The zero-order valence-electron chi connectivity index (χ0n) is 9.57. The van der Waals surface area contributed by atoms with Crippen molar-refractivity contribution in [3.8, 4) is 0 Å². The molecule has 7 heteroatoms. The van der Waals surface area contributed by atoms with E-state index in [2.05, 4.69) is 4.98 Å². The third kappa shape index (κ3) is 2.06. The van der Waals surface area contributed by atoms with Gasteiger partial charge in [-0.15, -0.1) is 0 Å². The quantitative estimate of drug-likeness (QED) is 0.860. The molecule has 0 radical (unpaired) electrons. The molecule has 4 nitrogen and oxygen atoms in total. The van der Waals surface area contributed by atoms with Crippen molar-refractivity contribution < 1.29 is 18.3 Å². The predicted octanol–water partition coefficient (Wildman–Crippen LogP) is 1.58. The van der Waals surface area contributed by atoms with E-state index in [1.165, 1.54) is 6.07 Å². The summed E-state index contributed by atoms with van der Waals surface area (Å²) in [4.78, 5) is 4.04. The molecule has 0 spiro atoms. The normalized spacial score (nSPS) is 14.1. The summed E-state index contributed by atoms with van der Waals surface area (Å²) in [7, 11) is 1.65. The number of alkyl halides is 3. The first kappa shape index (κ1) is 12.8. The standard InChI is InChI=1S/C11H12F3N3O/c1-17-9-3-2-6(11(12,13)14)4-8(9)16-10(17)7(15)5-18/h2-4,7,18H,5,15H2,1H3. The fourth-order valence-electron chi connectivity index (χ4n) is 1.81. The number of aryl methyl sites for hydroxylation is 1. The van der Waals surface area contributed by atoms with E-state index in [0.29, 0.717) is 11.3 Å². The van der Waals surface area contributed by atoms with Crippen molar-refractivity contribution in [2.24, 2.45) is 12.8 Å². The molecule has 0 aliphatic rings. The Morgan fingerprint density at radius 3 is 2.67 bits per heavy atom. The number of benzene rings is 1. The van der Waals surface area contributed by atoms with Crippen molar-refractivity contribution in [1.29, 1.82) is 0 Å². The van der Waals surface area contributed by atoms with Gasteiger partial charge in [0.05, 0.1) is 29.2 Å². The molecule has 1 unspecified atom stereocenters. The van der Waals surface area contributed by atoms with Crippen LogP contribution in [0.2, 0.25) is 0 Å². The summed E-state index contributed by atoms with van der Waals surface area (Å²) in [6.07, 6.45) is -4.40. The number of aliphatic hydroxyl groups excluding tert-OH is 1. The van der Waals surface area contributed by atoms with Gasteiger partial charge in [0.2, 0.25) is 0 Å². The molecule has 2 aromatic rings. The number of halogens is 3. The van der Waals surface area contributed by atoms with Crippen molar-refractivity contribution in [2.45, 2.75) is 12.2 Å². The van der Waals surface area contributed by atoms with E-state index in [4.69, 9.17) is 10.8 Å². The van der Waals surface area contributed by atoms with Crippen LogP contribution in [0.1, 0.15) is 17.4 Å². The molecule has 0 amide bonds. The second-order valence-electron chi connectivity index (χ2n) is 4.02. The second kappa shape index (κ2) is 4.25. The number of aliphatic hydroxyl groups is 1. The first-order chi connectivity index (χ1) is 8.34. The van der Waals surface area contributed by atoms with Gasteiger partial charge in [-0.2, -0.15) is 13.2 Å². The van der Waals surface area contributed by atoms with Gasteiger partial charge in [0.15, 0.2) is 0 Å². The third-order valence-corrected chi connectivity index (χ3v) is 2.77. The highest BCUT2D eigenvalue weighted by Gasteiger charge is 2.31. The molecule has 1 aromatic carbocycles. The SMILES string of the molecule is Cn1c(C(N)CO)nc2cc(C(F)(F)F)ccc21. The minimum atomic E-state index is -4.40. The van der Waals surface area contributed by atoms with Crippen LogP contribution in [0.5, 0.6) is 0 Å². The molecule has 18 heavy (non-hydrogen) atoms. The summed E-state index contributed by atoms with van der Waals surface area (Å²) in [5, 5.41) is 8.96. The molecule has 2 rings (SSSR count). The average Bonchev–Trinajstić information content (AvgIpc) is 2.64. The van der Waals surface area contributed by atoms with E-state index >= 15 is 0 Å². The molecule has 0 saturated carbocycles. The Hall–Kier alpha value is -1.60. The Morgan fingerprint density at radius 2 is 2.11 bits per heavy atom. The van der Waals surface area contributed by atoms with Gasteiger partial charge in [0.1, 0.15) is 5.82 Å². The Bertz CT molecular complexity index is 577. The Labute approximate surface area is 101 Å². The molecule has 1 heterocycles. The second-order valence-corrected chi connectivity index (χ2v) is 4.02. The predicted molar refractivity (Wildman–Crippen MR) is 59.7 cm³/mol.